The molecule has 2 rings (SSSR count). The lowest BCUT2D eigenvalue weighted by atomic mass is 10.0. The number of likely N-dealkylation sites (tertiary alicyclic amines) is 1. The van der Waals surface area contributed by atoms with E-state index in [1.807, 2.05) is 0 Å². The SMILES string of the molecule is NC(=O)C1(C(=O)N2CC(F)C2)CC1. The van der Waals surface area contributed by atoms with Gasteiger partial charge in [-0.25, -0.2) is 4.39 Å². The summed E-state index contributed by atoms with van der Waals surface area (Å²) in [6, 6.07) is 0. The molecule has 2 N–H and O–H groups in total. The van der Waals surface area contributed by atoms with Crippen molar-refractivity contribution in [2.24, 2.45) is 11.1 Å². The minimum Gasteiger partial charge on any atom is -0.369 e. The Balaban J connectivity index is 2.02. The maximum atomic E-state index is 12.4. The van der Waals surface area contributed by atoms with Gasteiger partial charge in [0.25, 0.3) is 0 Å². The molecule has 1 aliphatic carbocycles. The Labute approximate surface area is 74.9 Å². The third-order valence-corrected chi connectivity index (χ3v) is 2.76. The van der Waals surface area contributed by atoms with E-state index in [4.69, 9.17) is 5.73 Å². The highest BCUT2D eigenvalue weighted by molar-refractivity contribution is 6.07. The van der Waals surface area contributed by atoms with Crippen LogP contribution < -0.4 is 5.73 Å². The molecule has 13 heavy (non-hydrogen) atoms. The predicted molar refractivity (Wildman–Crippen MR) is 42.3 cm³/mol. The van der Waals surface area contributed by atoms with Gasteiger partial charge in [0, 0.05) is 0 Å². The van der Waals surface area contributed by atoms with Crippen LogP contribution in [0.4, 0.5) is 4.39 Å². The Morgan fingerprint density at radius 3 is 2.23 bits per heavy atom. The average Bonchev–Trinajstić information content (AvgIpc) is 2.77. The zero-order chi connectivity index (χ0) is 9.64. The van der Waals surface area contributed by atoms with Gasteiger partial charge in [0.05, 0.1) is 13.1 Å². The molecule has 2 amide bonds. The average molecular weight is 186 g/mol. The number of nitrogens with two attached hydrogens (primary N) is 1. The van der Waals surface area contributed by atoms with E-state index in [1.165, 1.54) is 4.90 Å². The minimum absolute atomic E-state index is 0.119. The first-order valence-corrected chi connectivity index (χ1v) is 4.29. The number of alkyl halides is 1. The van der Waals surface area contributed by atoms with Gasteiger partial charge >= 0.3 is 0 Å². The van der Waals surface area contributed by atoms with E-state index in [0.717, 1.165) is 0 Å². The fourth-order valence-electron chi connectivity index (χ4n) is 1.58. The van der Waals surface area contributed by atoms with E-state index < -0.39 is 17.5 Å². The summed E-state index contributed by atoms with van der Waals surface area (Å²) in [5.74, 6) is -0.853. The van der Waals surface area contributed by atoms with Crippen molar-refractivity contribution in [2.45, 2.75) is 19.0 Å². The first kappa shape index (κ1) is 8.47. The lowest BCUT2D eigenvalue weighted by Crippen LogP contribution is -2.55. The molecule has 2 aliphatic rings. The minimum atomic E-state index is -0.972. The van der Waals surface area contributed by atoms with Crippen LogP contribution in [0.25, 0.3) is 0 Å². The molecular weight excluding hydrogens is 175 g/mol. The maximum absolute atomic E-state index is 12.4. The van der Waals surface area contributed by atoms with Crippen LogP contribution in [0.15, 0.2) is 0 Å². The summed E-state index contributed by atoms with van der Waals surface area (Å²) in [6.07, 6.45) is 0.121. The number of nitrogens with zero attached hydrogens (tertiary/aromatic N) is 1. The van der Waals surface area contributed by atoms with Crippen LogP contribution in [0.3, 0.4) is 0 Å². The molecule has 0 spiro atoms. The normalized spacial score (nSPS) is 25.2. The van der Waals surface area contributed by atoms with Crippen molar-refractivity contribution >= 4 is 11.8 Å². The summed E-state index contributed by atoms with van der Waals surface area (Å²) in [6.45, 7) is 0.238. The van der Waals surface area contributed by atoms with Crippen molar-refractivity contribution < 1.29 is 14.0 Å². The van der Waals surface area contributed by atoms with Gasteiger partial charge in [-0.2, -0.15) is 0 Å². The number of carbonyl (C=O) groups excluding carboxylic acids is 2. The van der Waals surface area contributed by atoms with Gasteiger partial charge in [-0.3, -0.25) is 9.59 Å². The van der Waals surface area contributed by atoms with E-state index in [-0.39, 0.29) is 19.0 Å². The second kappa shape index (κ2) is 2.43. The van der Waals surface area contributed by atoms with Crippen molar-refractivity contribution in [3.8, 4) is 0 Å². The Kier molecular flexibility index (Phi) is 1.58. The van der Waals surface area contributed by atoms with Crippen molar-refractivity contribution in [3.63, 3.8) is 0 Å². The highest BCUT2D eigenvalue weighted by atomic mass is 19.1. The quantitative estimate of drug-likeness (QED) is 0.587. The number of halogens is 1. The van der Waals surface area contributed by atoms with Crippen molar-refractivity contribution in [2.75, 3.05) is 13.1 Å². The Morgan fingerprint density at radius 1 is 1.38 bits per heavy atom. The van der Waals surface area contributed by atoms with Crippen LogP contribution >= 0.6 is 0 Å². The third kappa shape index (κ3) is 1.10. The van der Waals surface area contributed by atoms with Gasteiger partial charge in [0.15, 0.2) is 0 Å². The number of hydrogen-bond donors (Lipinski definition) is 1. The van der Waals surface area contributed by atoms with E-state index >= 15 is 0 Å². The molecule has 1 saturated carbocycles. The molecule has 0 aromatic carbocycles. The highest BCUT2D eigenvalue weighted by Crippen LogP contribution is 2.47. The smallest absolute Gasteiger partial charge is 0.238 e. The molecule has 2 fully saturated rings. The van der Waals surface area contributed by atoms with Crippen molar-refractivity contribution in [1.29, 1.82) is 0 Å². The van der Waals surface area contributed by atoms with Crippen LogP contribution in [0, 0.1) is 5.41 Å². The number of hydrogen-bond acceptors (Lipinski definition) is 2. The summed E-state index contributed by atoms with van der Waals surface area (Å²) in [4.78, 5) is 23.9. The molecular formula is C8H11FN2O2. The lowest BCUT2D eigenvalue weighted by Gasteiger charge is -2.36. The van der Waals surface area contributed by atoms with Crippen LogP contribution in [0.5, 0.6) is 0 Å². The monoisotopic (exact) mass is 186 g/mol. The Morgan fingerprint density at radius 2 is 1.92 bits per heavy atom. The van der Waals surface area contributed by atoms with E-state index in [0.29, 0.717) is 12.8 Å². The molecule has 1 heterocycles. The zero-order valence-corrected chi connectivity index (χ0v) is 7.12. The fourth-order valence-corrected chi connectivity index (χ4v) is 1.58. The van der Waals surface area contributed by atoms with Crippen LogP contribution in [0.2, 0.25) is 0 Å². The second-order valence-corrected chi connectivity index (χ2v) is 3.75. The van der Waals surface area contributed by atoms with Crippen LogP contribution in [-0.2, 0) is 9.59 Å². The van der Waals surface area contributed by atoms with Gasteiger partial charge in [-0.1, -0.05) is 0 Å². The summed E-state index contributed by atoms with van der Waals surface area (Å²) < 4.78 is 12.4. The maximum Gasteiger partial charge on any atom is 0.238 e. The molecule has 0 atom stereocenters. The number of amides is 2. The number of rotatable bonds is 2. The fraction of sp³-hybridized carbons (Fsp3) is 0.750. The van der Waals surface area contributed by atoms with Gasteiger partial charge < -0.3 is 10.6 Å². The van der Waals surface area contributed by atoms with Gasteiger partial charge in [0.1, 0.15) is 11.6 Å². The molecule has 0 aromatic heterocycles. The third-order valence-electron chi connectivity index (χ3n) is 2.76. The van der Waals surface area contributed by atoms with E-state index in [2.05, 4.69) is 0 Å². The molecule has 1 saturated heterocycles. The van der Waals surface area contributed by atoms with Crippen LogP contribution in [-0.4, -0.2) is 36.0 Å². The van der Waals surface area contributed by atoms with Crippen molar-refractivity contribution in [1.82, 2.24) is 4.90 Å². The first-order chi connectivity index (χ1) is 6.06. The molecule has 72 valence electrons. The van der Waals surface area contributed by atoms with E-state index in [9.17, 15) is 14.0 Å². The predicted octanol–water partition coefficient (Wildman–Crippen LogP) is -0.568. The van der Waals surface area contributed by atoms with Crippen LogP contribution in [0.1, 0.15) is 12.8 Å². The summed E-state index contributed by atoms with van der Waals surface area (Å²) >= 11 is 0. The molecule has 4 nitrogen and oxygen atoms in total. The van der Waals surface area contributed by atoms with E-state index in [1.54, 1.807) is 0 Å². The number of carbonyl (C=O) groups is 2. The Bertz CT molecular complexity index is 269. The van der Waals surface area contributed by atoms with Gasteiger partial charge in [0.2, 0.25) is 11.8 Å². The number of primary amides is 1. The molecule has 5 heteroatoms. The molecule has 0 bridgehead atoms. The summed E-state index contributed by atoms with van der Waals surface area (Å²) in [5.41, 5.74) is 4.13. The second-order valence-electron chi connectivity index (χ2n) is 3.75. The van der Waals surface area contributed by atoms with Crippen molar-refractivity contribution in [3.05, 3.63) is 0 Å². The highest BCUT2D eigenvalue weighted by Gasteiger charge is 2.58. The largest absolute Gasteiger partial charge is 0.369 e. The topological polar surface area (TPSA) is 63.4 Å². The molecule has 0 unspecified atom stereocenters. The Hall–Kier alpha value is -1.13. The standard InChI is InChI=1S/C8H11FN2O2/c9-5-3-11(4-5)7(13)8(1-2-8)6(10)12/h5H,1-4H2,(H2,10,12). The zero-order valence-electron chi connectivity index (χ0n) is 7.12. The van der Waals surface area contributed by atoms with Gasteiger partial charge in [-0.15, -0.1) is 0 Å². The molecule has 0 radical (unpaired) electrons. The summed E-state index contributed by atoms with van der Waals surface area (Å²) in [7, 11) is 0. The summed E-state index contributed by atoms with van der Waals surface area (Å²) in [5, 5.41) is 0. The first-order valence-electron chi connectivity index (χ1n) is 4.29. The lowest BCUT2D eigenvalue weighted by molar-refractivity contribution is -0.148. The molecule has 1 aliphatic heterocycles. The molecule has 0 aromatic rings. The van der Waals surface area contributed by atoms with Gasteiger partial charge in [-0.05, 0) is 12.8 Å².